The predicted octanol–water partition coefficient (Wildman–Crippen LogP) is -0.413. The van der Waals surface area contributed by atoms with E-state index in [4.69, 9.17) is 0 Å². The Morgan fingerprint density at radius 1 is 1.11 bits per heavy atom. The Kier molecular flexibility index (Phi) is 11.9. The molecule has 0 aliphatic carbocycles. The quantitative estimate of drug-likeness (QED) is 0.525. The largest absolute Gasteiger partial charge is 0.760 e. The van der Waals surface area contributed by atoms with Crippen molar-refractivity contribution in [2.75, 3.05) is 20.3 Å². The van der Waals surface area contributed by atoms with E-state index in [9.17, 15) is 17.5 Å². The number of rotatable bonds is 7. The third-order valence-corrected chi connectivity index (χ3v) is 2.58. The first-order valence-electron chi connectivity index (χ1n) is 5.24. The number of nitrogens with one attached hydrogen (secondary N) is 2. The van der Waals surface area contributed by atoms with Gasteiger partial charge in [0.05, 0.1) is 6.61 Å². The molecule has 7 nitrogen and oxygen atoms in total. The van der Waals surface area contributed by atoms with Gasteiger partial charge >= 0.3 is 0 Å². The molecule has 0 saturated carbocycles. The van der Waals surface area contributed by atoms with Crippen molar-refractivity contribution in [1.29, 1.82) is 0 Å². The van der Waals surface area contributed by atoms with E-state index in [1.165, 1.54) is 7.11 Å². The number of ether oxygens (including phenoxy) is 1. The molecule has 19 heavy (non-hydrogen) atoms. The van der Waals surface area contributed by atoms with Crippen molar-refractivity contribution in [2.45, 2.75) is 6.54 Å². The van der Waals surface area contributed by atoms with E-state index in [2.05, 4.69) is 14.2 Å². The van der Waals surface area contributed by atoms with E-state index < -0.39 is 22.5 Å². The zero-order chi connectivity index (χ0) is 14.5. The highest BCUT2D eigenvalue weighted by molar-refractivity contribution is 7.77. The van der Waals surface area contributed by atoms with Gasteiger partial charge in [0.2, 0.25) is 0 Å². The van der Waals surface area contributed by atoms with Gasteiger partial charge in [-0.25, -0.2) is 9.44 Å². The second-order valence-electron chi connectivity index (χ2n) is 3.16. The molecule has 0 aliphatic rings. The molecule has 0 heterocycles. The molecule has 0 bridgehead atoms. The zero-order valence-electron chi connectivity index (χ0n) is 10.4. The van der Waals surface area contributed by atoms with Gasteiger partial charge in [-0.1, -0.05) is 30.3 Å². The van der Waals surface area contributed by atoms with Crippen LogP contribution in [0.15, 0.2) is 30.3 Å². The fourth-order valence-corrected chi connectivity index (χ4v) is 1.50. The molecule has 0 radical (unpaired) electrons. The smallest absolute Gasteiger partial charge is 0.0596 e. The van der Waals surface area contributed by atoms with Crippen LogP contribution in [0.1, 0.15) is 5.56 Å². The molecule has 0 aromatic heterocycles. The molecule has 1 aromatic rings. The average Bonchev–Trinajstić information content (AvgIpc) is 2.38. The van der Waals surface area contributed by atoms with E-state index in [0.29, 0.717) is 19.7 Å². The summed E-state index contributed by atoms with van der Waals surface area (Å²) in [6.07, 6.45) is 0. The lowest BCUT2D eigenvalue weighted by Crippen LogP contribution is -2.20. The molecule has 0 aliphatic heterocycles. The van der Waals surface area contributed by atoms with Crippen LogP contribution in [0.25, 0.3) is 0 Å². The first-order valence-corrected chi connectivity index (χ1v) is 7.39. The van der Waals surface area contributed by atoms with Crippen LogP contribution in [0.4, 0.5) is 0 Å². The predicted molar refractivity (Wildman–Crippen MR) is 71.0 cm³/mol. The van der Waals surface area contributed by atoms with E-state index in [0.717, 1.165) is 5.56 Å². The summed E-state index contributed by atoms with van der Waals surface area (Å²) >= 11 is -4.31. The molecule has 0 spiro atoms. The average molecular weight is 308 g/mol. The molecule has 1 rings (SSSR count). The van der Waals surface area contributed by atoms with Crippen molar-refractivity contribution in [3.8, 4) is 0 Å². The van der Waals surface area contributed by atoms with Gasteiger partial charge in [0.25, 0.3) is 0 Å². The lowest BCUT2D eigenvalue weighted by Gasteiger charge is -2.05. The molecular formula is C10H16N2O5S2-2. The lowest BCUT2D eigenvalue weighted by atomic mass is 10.2. The summed E-state index contributed by atoms with van der Waals surface area (Å²) in [7, 11) is 1.51. The normalized spacial score (nSPS) is 13.2. The van der Waals surface area contributed by atoms with Gasteiger partial charge in [0, 0.05) is 42.7 Å². The molecule has 0 saturated heterocycles. The maximum atomic E-state index is 10.1. The van der Waals surface area contributed by atoms with Crippen molar-refractivity contribution < 1.29 is 22.3 Å². The Hall–Kier alpha value is -0.680. The summed E-state index contributed by atoms with van der Waals surface area (Å²) in [6.45, 7) is 1.11. The van der Waals surface area contributed by atoms with Crippen LogP contribution in [0.3, 0.4) is 0 Å². The third-order valence-electron chi connectivity index (χ3n) is 1.76. The second-order valence-corrected chi connectivity index (χ2v) is 4.68. The van der Waals surface area contributed by atoms with Crippen molar-refractivity contribution >= 4 is 22.5 Å². The van der Waals surface area contributed by atoms with Crippen LogP contribution in [-0.2, 0) is 33.8 Å². The maximum absolute atomic E-state index is 10.1. The molecular weight excluding hydrogens is 292 g/mol. The van der Waals surface area contributed by atoms with Gasteiger partial charge in [0.1, 0.15) is 0 Å². The van der Waals surface area contributed by atoms with Crippen LogP contribution in [-0.4, -0.2) is 37.8 Å². The molecule has 0 amide bonds. The van der Waals surface area contributed by atoms with Gasteiger partial charge in [-0.3, -0.25) is 8.42 Å². The van der Waals surface area contributed by atoms with Crippen LogP contribution in [0.2, 0.25) is 0 Å². The molecule has 0 fully saturated rings. The summed E-state index contributed by atoms with van der Waals surface area (Å²) in [5, 5.41) is 0. The van der Waals surface area contributed by atoms with Crippen LogP contribution in [0.5, 0.6) is 0 Å². The minimum absolute atomic E-state index is 0.340. The molecule has 1 aromatic carbocycles. The standard InChI is InChI=1S/C7H9NO2S.C3H9NO3S/c9-11(10)8-6-7-4-2-1-3-5-7;1-7-3-2-4-8(5)6/h1-5,8H,6H2,(H,9,10);4H,2-3H2,1H3,(H,5,6)/p-2. The van der Waals surface area contributed by atoms with Gasteiger partial charge in [0.15, 0.2) is 0 Å². The fraction of sp³-hybridized carbons (Fsp3) is 0.400. The molecule has 110 valence electrons. The number of methoxy groups -OCH3 is 1. The summed E-state index contributed by atoms with van der Waals surface area (Å²) < 4.78 is 48.5. The number of hydrogen-bond donors (Lipinski definition) is 2. The van der Waals surface area contributed by atoms with E-state index >= 15 is 0 Å². The minimum atomic E-state index is -2.17. The molecule has 9 heteroatoms. The van der Waals surface area contributed by atoms with E-state index in [1.807, 2.05) is 30.3 Å². The Balaban J connectivity index is 0.000000362. The Morgan fingerprint density at radius 3 is 2.16 bits per heavy atom. The highest BCUT2D eigenvalue weighted by atomic mass is 32.2. The highest BCUT2D eigenvalue weighted by Crippen LogP contribution is 1.96. The monoisotopic (exact) mass is 308 g/mol. The summed E-state index contributed by atoms with van der Waals surface area (Å²) in [6, 6.07) is 9.34. The van der Waals surface area contributed by atoms with Crippen molar-refractivity contribution in [1.82, 2.24) is 9.44 Å². The van der Waals surface area contributed by atoms with Gasteiger partial charge in [-0.2, -0.15) is 0 Å². The number of hydrogen-bond acceptors (Lipinski definition) is 5. The van der Waals surface area contributed by atoms with Crippen LogP contribution >= 0.6 is 0 Å². The van der Waals surface area contributed by atoms with Gasteiger partial charge < -0.3 is 13.8 Å². The first-order chi connectivity index (χ1) is 9.06. The summed E-state index contributed by atoms with van der Waals surface area (Å²) in [5.41, 5.74) is 0.955. The lowest BCUT2D eigenvalue weighted by molar-refractivity contribution is 0.204. The Bertz CT molecular complexity index is 377. The first kappa shape index (κ1) is 18.3. The minimum Gasteiger partial charge on any atom is -0.760 e. The second kappa shape index (κ2) is 12.4. The van der Waals surface area contributed by atoms with Crippen molar-refractivity contribution in [3.05, 3.63) is 35.9 Å². The molecule has 2 atom stereocenters. The highest BCUT2D eigenvalue weighted by Gasteiger charge is 1.87. The SMILES string of the molecule is COCCNS(=O)[O-].O=S([O-])NCc1ccccc1. The molecule has 2 unspecified atom stereocenters. The Morgan fingerprint density at radius 2 is 1.68 bits per heavy atom. The number of benzene rings is 1. The van der Waals surface area contributed by atoms with Crippen LogP contribution in [0, 0.1) is 0 Å². The van der Waals surface area contributed by atoms with Crippen molar-refractivity contribution in [2.24, 2.45) is 0 Å². The summed E-state index contributed by atoms with van der Waals surface area (Å²) in [5.74, 6) is 0. The third kappa shape index (κ3) is 13.6. The topological polar surface area (TPSA) is 114 Å². The Labute approximate surface area is 117 Å². The zero-order valence-corrected chi connectivity index (χ0v) is 12.0. The van der Waals surface area contributed by atoms with Gasteiger partial charge in [-0.15, -0.1) is 0 Å². The van der Waals surface area contributed by atoms with E-state index in [-0.39, 0.29) is 0 Å². The van der Waals surface area contributed by atoms with Gasteiger partial charge in [-0.05, 0) is 5.56 Å². The van der Waals surface area contributed by atoms with Crippen molar-refractivity contribution in [3.63, 3.8) is 0 Å². The van der Waals surface area contributed by atoms with Crippen LogP contribution < -0.4 is 9.44 Å². The maximum Gasteiger partial charge on any atom is 0.0596 e. The summed E-state index contributed by atoms with van der Waals surface area (Å²) in [4.78, 5) is 0. The fourth-order valence-electron chi connectivity index (χ4n) is 0.965. The molecule has 2 N–H and O–H groups in total. The van der Waals surface area contributed by atoms with E-state index in [1.54, 1.807) is 0 Å².